The first-order chi connectivity index (χ1) is 10.2. The van der Waals surface area contributed by atoms with Crippen LogP contribution < -0.4 is 10.1 Å². The molecule has 2 rings (SSSR count). The number of anilines is 1. The molecule has 0 spiro atoms. The molecule has 1 N–H and O–H groups in total. The number of benzene rings is 1. The minimum absolute atomic E-state index is 0.257. The molecule has 5 nitrogen and oxygen atoms in total. The Morgan fingerprint density at radius 1 is 1.33 bits per heavy atom. The molecule has 0 aliphatic carbocycles. The summed E-state index contributed by atoms with van der Waals surface area (Å²) in [5.74, 6) is 0.726. The first kappa shape index (κ1) is 15.1. The maximum absolute atomic E-state index is 12.4. The molecule has 0 unspecified atom stereocenters. The molecule has 112 valence electrons. The van der Waals surface area contributed by atoms with E-state index in [1.807, 2.05) is 26.8 Å². The third-order valence-electron chi connectivity index (χ3n) is 3.16. The molecule has 21 heavy (non-hydrogen) atoms. The van der Waals surface area contributed by atoms with Gasteiger partial charge in [0.1, 0.15) is 5.75 Å². The second-order valence-corrected chi connectivity index (χ2v) is 4.73. The summed E-state index contributed by atoms with van der Waals surface area (Å²) >= 11 is 0. The number of carbonyl (C=O) groups excluding carboxylic acids is 1. The van der Waals surface area contributed by atoms with E-state index in [0.29, 0.717) is 23.8 Å². The lowest BCUT2D eigenvalue weighted by Crippen LogP contribution is -2.14. The van der Waals surface area contributed by atoms with Crippen LogP contribution in [0.4, 0.5) is 5.88 Å². The van der Waals surface area contributed by atoms with Gasteiger partial charge in [-0.15, -0.1) is 0 Å². The van der Waals surface area contributed by atoms with Crippen LogP contribution in [0.15, 0.2) is 28.8 Å². The number of carbonyl (C=O) groups is 1. The predicted molar refractivity (Wildman–Crippen MR) is 80.8 cm³/mol. The number of para-hydroxylation sites is 1. The van der Waals surface area contributed by atoms with Crippen LogP contribution in [0.2, 0.25) is 0 Å². The Morgan fingerprint density at radius 3 is 2.81 bits per heavy atom. The normalized spacial score (nSPS) is 10.4. The number of amides is 1. The van der Waals surface area contributed by atoms with Crippen LogP contribution >= 0.6 is 0 Å². The standard InChI is InChI=1S/C16H20N2O3/c1-4-10-20-14-9-7-6-8-13(14)15(19)17-16-12(5-2)11(3)18-21-16/h6-9H,4-5,10H2,1-3H3,(H,17,19). The van der Waals surface area contributed by atoms with E-state index in [9.17, 15) is 4.79 Å². The minimum Gasteiger partial charge on any atom is -0.493 e. The van der Waals surface area contributed by atoms with Gasteiger partial charge in [0.2, 0.25) is 5.88 Å². The summed E-state index contributed by atoms with van der Waals surface area (Å²) in [6.45, 7) is 6.45. The lowest BCUT2D eigenvalue weighted by atomic mass is 10.1. The third-order valence-corrected chi connectivity index (χ3v) is 3.16. The Bertz CT molecular complexity index is 620. The van der Waals surface area contributed by atoms with E-state index in [1.165, 1.54) is 0 Å². The average Bonchev–Trinajstić information content (AvgIpc) is 2.85. The predicted octanol–water partition coefficient (Wildman–Crippen LogP) is 3.59. The summed E-state index contributed by atoms with van der Waals surface area (Å²) < 4.78 is 10.8. The summed E-state index contributed by atoms with van der Waals surface area (Å²) in [5.41, 5.74) is 2.20. The molecule has 1 heterocycles. The molecular weight excluding hydrogens is 268 g/mol. The number of nitrogens with zero attached hydrogens (tertiary/aromatic N) is 1. The average molecular weight is 288 g/mol. The van der Waals surface area contributed by atoms with Gasteiger partial charge in [0.05, 0.1) is 17.9 Å². The van der Waals surface area contributed by atoms with Crippen molar-refractivity contribution in [2.45, 2.75) is 33.6 Å². The van der Waals surface area contributed by atoms with E-state index in [4.69, 9.17) is 9.26 Å². The quantitative estimate of drug-likeness (QED) is 0.882. The summed E-state index contributed by atoms with van der Waals surface area (Å²) in [6, 6.07) is 7.17. The number of ether oxygens (including phenoxy) is 1. The maximum Gasteiger partial charge on any atom is 0.261 e. The molecule has 0 saturated heterocycles. The van der Waals surface area contributed by atoms with Gasteiger partial charge < -0.3 is 9.26 Å². The van der Waals surface area contributed by atoms with Crippen molar-refractivity contribution in [3.05, 3.63) is 41.1 Å². The van der Waals surface area contributed by atoms with Gasteiger partial charge in [-0.3, -0.25) is 10.1 Å². The highest BCUT2D eigenvalue weighted by Gasteiger charge is 2.17. The minimum atomic E-state index is -0.257. The maximum atomic E-state index is 12.4. The van der Waals surface area contributed by atoms with Crippen LogP contribution in [-0.2, 0) is 6.42 Å². The molecule has 1 aromatic heterocycles. The van der Waals surface area contributed by atoms with Crippen molar-refractivity contribution in [2.24, 2.45) is 0 Å². The van der Waals surface area contributed by atoms with Gasteiger partial charge in [-0.25, -0.2) is 0 Å². The molecule has 0 atom stereocenters. The monoisotopic (exact) mass is 288 g/mol. The van der Waals surface area contributed by atoms with Crippen LogP contribution in [0, 0.1) is 6.92 Å². The van der Waals surface area contributed by atoms with Crippen LogP contribution in [0.25, 0.3) is 0 Å². The molecule has 0 fully saturated rings. The highest BCUT2D eigenvalue weighted by molar-refractivity contribution is 6.05. The Balaban J connectivity index is 2.20. The van der Waals surface area contributed by atoms with Gasteiger partial charge in [0, 0.05) is 5.56 Å². The second-order valence-electron chi connectivity index (χ2n) is 4.73. The summed E-state index contributed by atoms with van der Waals surface area (Å²) in [5, 5.41) is 6.65. The van der Waals surface area contributed by atoms with Gasteiger partial charge >= 0.3 is 0 Å². The zero-order chi connectivity index (χ0) is 15.2. The topological polar surface area (TPSA) is 64.4 Å². The summed E-state index contributed by atoms with van der Waals surface area (Å²) in [6.07, 6.45) is 1.64. The molecule has 1 aromatic carbocycles. The number of hydrogen-bond acceptors (Lipinski definition) is 4. The Hall–Kier alpha value is -2.30. The van der Waals surface area contributed by atoms with Crippen LogP contribution in [0.3, 0.4) is 0 Å². The second kappa shape index (κ2) is 6.92. The van der Waals surface area contributed by atoms with E-state index < -0.39 is 0 Å². The largest absolute Gasteiger partial charge is 0.493 e. The third kappa shape index (κ3) is 3.42. The number of aryl methyl sites for hydroxylation is 1. The van der Waals surface area contributed by atoms with Gasteiger partial charge in [0.15, 0.2) is 0 Å². The number of hydrogen-bond donors (Lipinski definition) is 1. The van der Waals surface area contributed by atoms with Crippen molar-refractivity contribution in [1.82, 2.24) is 5.16 Å². The Labute approximate surface area is 124 Å². The zero-order valence-corrected chi connectivity index (χ0v) is 12.6. The van der Waals surface area contributed by atoms with E-state index in [1.54, 1.807) is 18.2 Å². The molecule has 0 saturated carbocycles. The van der Waals surface area contributed by atoms with E-state index in [-0.39, 0.29) is 5.91 Å². The van der Waals surface area contributed by atoms with E-state index >= 15 is 0 Å². The van der Waals surface area contributed by atoms with Crippen molar-refractivity contribution in [3.63, 3.8) is 0 Å². The molecule has 1 amide bonds. The van der Waals surface area contributed by atoms with Gasteiger partial charge in [-0.1, -0.05) is 31.1 Å². The summed E-state index contributed by atoms with van der Waals surface area (Å²) in [7, 11) is 0. The fourth-order valence-corrected chi connectivity index (χ4v) is 2.07. The molecule has 5 heteroatoms. The van der Waals surface area contributed by atoms with Crippen LogP contribution in [0.5, 0.6) is 5.75 Å². The van der Waals surface area contributed by atoms with Crippen molar-refractivity contribution >= 4 is 11.8 Å². The number of nitrogens with one attached hydrogen (secondary N) is 1. The van der Waals surface area contributed by atoms with Crippen LogP contribution in [0.1, 0.15) is 41.9 Å². The fourth-order valence-electron chi connectivity index (χ4n) is 2.07. The first-order valence-electron chi connectivity index (χ1n) is 7.15. The molecule has 0 radical (unpaired) electrons. The molecule has 0 aliphatic heterocycles. The fraction of sp³-hybridized carbons (Fsp3) is 0.375. The SMILES string of the molecule is CCCOc1ccccc1C(=O)Nc1onc(C)c1CC. The highest BCUT2D eigenvalue weighted by atomic mass is 16.5. The van der Waals surface area contributed by atoms with Crippen molar-refractivity contribution in [3.8, 4) is 5.75 Å². The van der Waals surface area contributed by atoms with Gasteiger partial charge in [0.25, 0.3) is 5.91 Å². The van der Waals surface area contributed by atoms with E-state index in [0.717, 1.165) is 24.1 Å². The molecule has 2 aromatic rings. The summed E-state index contributed by atoms with van der Waals surface area (Å²) in [4.78, 5) is 12.4. The van der Waals surface area contributed by atoms with Crippen molar-refractivity contribution in [1.29, 1.82) is 0 Å². The Morgan fingerprint density at radius 2 is 2.10 bits per heavy atom. The van der Waals surface area contributed by atoms with E-state index in [2.05, 4.69) is 10.5 Å². The van der Waals surface area contributed by atoms with Crippen LogP contribution in [-0.4, -0.2) is 17.7 Å². The van der Waals surface area contributed by atoms with Crippen molar-refractivity contribution < 1.29 is 14.1 Å². The highest BCUT2D eigenvalue weighted by Crippen LogP contribution is 2.23. The lowest BCUT2D eigenvalue weighted by Gasteiger charge is -2.10. The number of rotatable bonds is 6. The lowest BCUT2D eigenvalue weighted by molar-refractivity contribution is 0.101. The zero-order valence-electron chi connectivity index (χ0n) is 12.6. The molecule has 0 bridgehead atoms. The first-order valence-corrected chi connectivity index (χ1v) is 7.15. The molecular formula is C16H20N2O3. The smallest absolute Gasteiger partial charge is 0.261 e. The number of aromatic nitrogens is 1. The molecule has 0 aliphatic rings. The van der Waals surface area contributed by atoms with Gasteiger partial charge in [-0.05, 0) is 31.9 Å². The van der Waals surface area contributed by atoms with Gasteiger partial charge in [-0.2, -0.15) is 0 Å². The Kier molecular flexibility index (Phi) is 4.98. The van der Waals surface area contributed by atoms with Crippen molar-refractivity contribution in [2.75, 3.05) is 11.9 Å².